The van der Waals surface area contributed by atoms with E-state index in [1.165, 1.54) is 6.07 Å². The van der Waals surface area contributed by atoms with E-state index in [0.717, 1.165) is 27.7 Å². The molecule has 0 bridgehead atoms. The van der Waals surface area contributed by atoms with Crippen LogP contribution in [0.15, 0.2) is 52.0 Å². The molecule has 2 N–H and O–H groups in total. The van der Waals surface area contributed by atoms with Crippen LogP contribution in [0.5, 0.6) is 0 Å². The van der Waals surface area contributed by atoms with Gasteiger partial charge in [-0.15, -0.1) is 0 Å². The predicted molar refractivity (Wildman–Crippen MR) is 85.3 cm³/mol. The Kier molecular flexibility index (Phi) is 3.61. The summed E-state index contributed by atoms with van der Waals surface area (Å²) in [7, 11) is -4.27. The monoisotopic (exact) mass is 365 g/mol. The van der Waals surface area contributed by atoms with E-state index < -0.39 is 10.1 Å². The van der Waals surface area contributed by atoms with E-state index in [-0.39, 0.29) is 4.90 Å². The minimum absolute atomic E-state index is 0.0939. The molecule has 0 saturated heterocycles. The summed E-state index contributed by atoms with van der Waals surface area (Å²) in [5.41, 5.74) is 3.40. The van der Waals surface area contributed by atoms with Gasteiger partial charge >= 0.3 is 0 Å². The van der Waals surface area contributed by atoms with Gasteiger partial charge in [0.25, 0.3) is 10.1 Å². The van der Waals surface area contributed by atoms with E-state index in [1.54, 1.807) is 12.1 Å². The smallest absolute Gasteiger partial charge is 0.295 e. The third-order valence-electron chi connectivity index (χ3n) is 3.35. The summed E-state index contributed by atoms with van der Waals surface area (Å²) >= 11 is 3.33. The number of benzene rings is 2. The number of rotatable bonds is 2. The molecule has 0 saturated carbocycles. The first-order valence-corrected chi connectivity index (χ1v) is 8.49. The van der Waals surface area contributed by atoms with Crippen LogP contribution in [0.25, 0.3) is 17.2 Å². The zero-order valence-corrected chi connectivity index (χ0v) is 13.3. The predicted octanol–water partition coefficient (Wildman–Crippen LogP) is 3.44. The molecule has 108 valence electrons. The molecule has 0 radical (unpaired) electrons. The Morgan fingerprint density at radius 1 is 1.14 bits per heavy atom. The fourth-order valence-electron chi connectivity index (χ4n) is 2.35. The number of nitrogens with one attached hydrogen (secondary N) is 1. The number of hydrogen-bond donors (Lipinski definition) is 2. The lowest BCUT2D eigenvalue weighted by molar-refractivity contribution is 0.483. The highest BCUT2D eigenvalue weighted by atomic mass is 79.9. The second-order valence-corrected chi connectivity index (χ2v) is 7.05. The Morgan fingerprint density at radius 3 is 2.71 bits per heavy atom. The molecule has 0 amide bonds. The summed E-state index contributed by atoms with van der Waals surface area (Å²) in [6.07, 6.45) is 3.80. The van der Waals surface area contributed by atoms with Crippen LogP contribution in [0.2, 0.25) is 0 Å². The lowest BCUT2D eigenvalue weighted by Gasteiger charge is -2.15. The molecule has 0 atom stereocenters. The van der Waals surface area contributed by atoms with Crippen LogP contribution in [0, 0.1) is 0 Å². The molecule has 0 unspecified atom stereocenters. The van der Waals surface area contributed by atoms with Crippen molar-refractivity contribution in [2.24, 2.45) is 0 Å². The Bertz CT molecular complexity index is 844. The van der Waals surface area contributed by atoms with Gasteiger partial charge in [0.1, 0.15) is 4.90 Å². The van der Waals surface area contributed by atoms with Gasteiger partial charge in [-0.3, -0.25) is 4.55 Å². The number of fused-ring (bicyclic) bond motifs is 1. The third kappa shape index (κ3) is 2.88. The van der Waals surface area contributed by atoms with E-state index in [1.807, 2.05) is 30.5 Å². The van der Waals surface area contributed by atoms with Crippen molar-refractivity contribution in [1.29, 1.82) is 0 Å². The molecular weight excluding hydrogens is 354 g/mol. The SMILES string of the molecule is O=S(=O)(O)c1ccc(Br)cc1-c1ccc2c(c1)C=CNC2. The largest absolute Gasteiger partial charge is 0.387 e. The zero-order valence-electron chi connectivity index (χ0n) is 10.9. The Balaban J connectivity index is 2.22. The summed E-state index contributed by atoms with van der Waals surface area (Å²) in [5.74, 6) is 0. The average Bonchev–Trinajstić information content (AvgIpc) is 2.45. The number of halogens is 1. The molecule has 4 nitrogen and oxygen atoms in total. The van der Waals surface area contributed by atoms with Gasteiger partial charge in [-0.2, -0.15) is 8.42 Å². The molecular formula is C15H12BrNO3S. The third-order valence-corrected chi connectivity index (χ3v) is 4.75. The second-order valence-electron chi connectivity index (χ2n) is 4.74. The summed E-state index contributed by atoms with van der Waals surface area (Å²) in [6, 6.07) is 10.4. The first-order valence-electron chi connectivity index (χ1n) is 6.25. The molecule has 2 aromatic carbocycles. The van der Waals surface area contributed by atoms with Gasteiger partial charge in [-0.05, 0) is 53.2 Å². The maximum Gasteiger partial charge on any atom is 0.295 e. The zero-order chi connectivity index (χ0) is 15.0. The molecule has 1 aliphatic rings. The standard InChI is InChI=1S/C15H12BrNO3S/c16-13-3-4-15(21(18,19)20)14(8-13)11-1-2-12-9-17-6-5-10(12)7-11/h1-8,17H,9H2,(H,18,19,20). The molecule has 0 spiro atoms. The van der Waals surface area contributed by atoms with Crippen LogP contribution in [0.4, 0.5) is 0 Å². The molecule has 21 heavy (non-hydrogen) atoms. The van der Waals surface area contributed by atoms with Crippen LogP contribution >= 0.6 is 15.9 Å². The molecule has 1 heterocycles. The lowest BCUT2D eigenvalue weighted by Crippen LogP contribution is -2.10. The van der Waals surface area contributed by atoms with Gasteiger partial charge in [0.05, 0.1) is 0 Å². The summed E-state index contributed by atoms with van der Waals surface area (Å²) in [5, 5.41) is 3.12. The van der Waals surface area contributed by atoms with Crippen molar-refractivity contribution in [2.45, 2.75) is 11.4 Å². The highest BCUT2D eigenvalue weighted by Crippen LogP contribution is 2.32. The van der Waals surface area contributed by atoms with Crippen molar-refractivity contribution in [3.63, 3.8) is 0 Å². The highest BCUT2D eigenvalue weighted by molar-refractivity contribution is 9.10. The van der Waals surface area contributed by atoms with Gasteiger partial charge in [-0.25, -0.2) is 0 Å². The molecule has 0 fully saturated rings. The first-order chi connectivity index (χ1) is 9.95. The molecule has 6 heteroatoms. The summed E-state index contributed by atoms with van der Waals surface area (Å²) < 4.78 is 33.2. The Morgan fingerprint density at radius 2 is 1.95 bits per heavy atom. The average molecular weight is 366 g/mol. The van der Waals surface area contributed by atoms with Gasteiger partial charge in [0.15, 0.2) is 0 Å². The Hall–Kier alpha value is -1.63. The second kappa shape index (κ2) is 5.29. The van der Waals surface area contributed by atoms with Crippen LogP contribution in [0.1, 0.15) is 11.1 Å². The quantitative estimate of drug-likeness (QED) is 0.800. The van der Waals surface area contributed by atoms with Crippen molar-refractivity contribution in [1.82, 2.24) is 5.32 Å². The van der Waals surface area contributed by atoms with E-state index in [9.17, 15) is 13.0 Å². The van der Waals surface area contributed by atoms with Crippen LogP contribution in [-0.2, 0) is 16.7 Å². The number of hydrogen-bond acceptors (Lipinski definition) is 3. The van der Waals surface area contributed by atoms with E-state index in [0.29, 0.717) is 5.56 Å². The molecule has 0 aliphatic carbocycles. The molecule has 3 rings (SSSR count). The van der Waals surface area contributed by atoms with Crippen molar-refractivity contribution in [3.8, 4) is 11.1 Å². The van der Waals surface area contributed by atoms with Gasteiger partial charge in [-0.1, -0.05) is 28.1 Å². The fourth-order valence-corrected chi connectivity index (χ4v) is 3.40. The maximum absolute atomic E-state index is 11.5. The normalized spacial score (nSPS) is 13.6. The summed E-state index contributed by atoms with van der Waals surface area (Å²) in [4.78, 5) is -0.0939. The van der Waals surface area contributed by atoms with Crippen LogP contribution < -0.4 is 5.32 Å². The van der Waals surface area contributed by atoms with E-state index in [4.69, 9.17) is 0 Å². The van der Waals surface area contributed by atoms with Crippen LogP contribution in [-0.4, -0.2) is 13.0 Å². The van der Waals surface area contributed by atoms with Crippen molar-refractivity contribution >= 4 is 32.1 Å². The maximum atomic E-state index is 11.5. The minimum Gasteiger partial charge on any atom is -0.387 e. The lowest BCUT2D eigenvalue weighted by atomic mass is 9.98. The van der Waals surface area contributed by atoms with Gasteiger partial charge in [0, 0.05) is 16.6 Å². The van der Waals surface area contributed by atoms with Gasteiger partial charge < -0.3 is 5.32 Å². The van der Waals surface area contributed by atoms with Crippen LogP contribution in [0.3, 0.4) is 0 Å². The first kappa shape index (κ1) is 14.3. The molecule has 2 aromatic rings. The topological polar surface area (TPSA) is 66.4 Å². The van der Waals surface area contributed by atoms with Crippen molar-refractivity contribution in [3.05, 3.63) is 58.2 Å². The van der Waals surface area contributed by atoms with Crippen molar-refractivity contribution < 1.29 is 13.0 Å². The molecule has 1 aliphatic heterocycles. The summed E-state index contributed by atoms with van der Waals surface area (Å²) in [6.45, 7) is 0.746. The Labute approximate surface area is 131 Å². The van der Waals surface area contributed by atoms with Gasteiger partial charge in [0.2, 0.25) is 0 Å². The fraction of sp³-hybridized carbons (Fsp3) is 0.0667. The highest BCUT2D eigenvalue weighted by Gasteiger charge is 2.17. The minimum atomic E-state index is -4.27. The van der Waals surface area contributed by atoms with E-state index >= 15 is 0 Å². The van der Waals surface area contributed by atoms with Crippen molar-refractivity contribution in [2.75, 3.05) is 0 Å². The van der Waals surface area contributed by atoms with E-state index in [2.05, 4.69) is 21.2 Å². The molecule has 0 aromatic heterocycles.